The zero-order chi connectivity index (χ0) is 11.8. The van der Waals surface area contributed by atoms with Crippen LogP contribution >= 0.6 is 11.8 Å². The molecule has 2 N–H and O–H groups in total. The molecule has 0 aliphatic carbocycles. The van der Waals surface area contributed by atoms with Crippen LogP contribution in [-0.2, 0) is 4.79 Å². The average Bonchev–Trinajstić information content (AvgIpc) is 2.70. The van der Waals surface area contributed by atoms with Crippen molar-refractivity contribution in [2.75, 3.05) is 18.1 Å². The van der Waals surface area contributed by atoms with Gasteiger partial charge in [-0.15, -0.1) is 0 Å². The number of allylic oxidation sites excluding steroid dienone is 2. The molecule has 92 valence electrons. The second kappa shape index (κ2) is 7.74. The standard InChI is InChI=1S/C12H20O3S/c13-7-11-9-16-8-10(11)5-3-1-2-4-6-12(14)15/h1,3,10-11,13H,2,4-9H2,(H,14,15)/t10-,11+/m1/s1. The summed E-state index contributed by atoms with van der Waals surface area (Å²) in [6.45, 7) is 0.296. The van der Waals surface area contributed by atoms with Crippen LogP contribution in [-0.4, -0.2) is 34.3 Å². The third-order valence-electron chi connectivity index (χ3n) is 2.93. The van der Waals surface area contributed by atoms with Gasteiger partial charge in [-0.2, -0.15) is 11.8 Å². The monoisotopic (exact) mass is 244 g/mol. The molecule has 4 heteroatoms. The molecule has 1 rings (SSSR count). The normalized spacial score (nSPS) is 25.3. The number of aliphatic carboxylic acids is 1. The molecule has 1 aliphatic rings. The molecule has 1 fully saturated rings. The van der Waals surface area contributed by atoms with Crippen molar-refractivity contribution in [3.05, 3.63) is 12.2 Å². The van der Waals surface area contributed by atoms with E-state index in [9.17, 15) is 4.79 Å². The Labute approximate surface area is 101 Å². The molecule has 0 unspecified atom stereocenters. The van der Waals surface area contributed by atoms with Crippen LogP contribution in [0.4, 0.5) is 0 Å². The van der Waals surface area contributed by atoms with E-state index in [-0.39, 0.29) is 6.42 Å². The maximum atomic E-state index is 10.3. The Morgan fingerprint density at radius 1 is 1.31 bits per heavy atom. The molecule has 0 aromatic rings. The summed E-state index contributed by atoms with van der Waals surface area (Å²) in [5, 5.41) is 17.6. The molecule has 3 nitrogen and oxygen atoms in total. The minimum Gasteiger partial charge on any atom is -0.481 e. The van der Waals surface area contributed by atoms with Gasteiger partial charge in [-0.3, -0.25) is 4.79 Å². The summed E-state index contributed by atoms with van der Waals surface area (Å²) in [4.78, 5) is 10.3. The number of aliphatic hydroxyl groups excluding tert-OH is 1. The minimum atomic E-state index is -0.721. The first-order valence-electron chi connectivity index (χ1n) is 5.79. The van der Waals surface area contributed by atoms with Gasteiger partial charge in [-0.1, -0.05) is 12.2 Å². The Morgan fingerprint density at radius 2 is 2.06 bits per heavy atom. The van der Waals surface area contributed by atoms with Gasteiger partial charge in [0.05, 0.1) is 0 Å². The smallest absolute Gasteiger partial charge is 0.303 e. The van der Waals surface area contributed by atoms with Gasteiger partial charge in [0.1, 0.15) is 0 Å². The average molecular weight is 244 g/mol. The quantitative estimate of drug-likeness (QED) is 0.532. The summed E-state index contributed by atoms with van der Waals surface area (Å²) < 4.78 is 0. The maximum Gasteiger partial charge on any atom is 0.303 e. The fourth-order valence-electron chi connectivity index (χ4n) is 1.87. The van der Waals surface area contributed by atoms with Gasteiger partial charge >= 0.3 is 5.97 Å². The van der Waals surface area contributed by atoms with Gasteiger partial charge in [0, 0.05) is 13.0 Å². The summed E-state index contributed by atoms with van der Waals surface area (Å²) in [6.07, 6.45) is 7.04. The number of carboxylic acids is 1. The van der Waals surface area contributed by atoms with Crippen molar-refractivity contribution in [1.82, 2.24) is 0 Å². The molecule has 1 aliphatic heterocycles. The van der Waals surface area contributed by atoms with Crippen LogP contribution in [0.25, 0.3) is 0 Å². The largest absolute Gasteiger partial charge is 0.481 e. The lowest BCUT2D eigenvalue weighted by molar-refractivity contribution is -0.137. The van der Waals surface area contributed by atoms with E-state index in [0.29, 0.717) is 24.9 Å². The topological polar surface area (TPSA) is 57.5 Å². The van der Waals surface area contributed by atoms with Crippen molar-refractivity contribution in [1.29, 1.82) is 0 Å². The highest BCUT2D eigenvalue weighted by Gasteiger charge is 2.25. The van der Waals surface area contributed by atoms with Crippen LogP contribution < -0.4 is 0 Å². The zero-order valence-corrected chi connectivity index (χ0v) is 10.3. The van der Waals surface area contributed by atoms with Gasteiger partial charge in [0.2, 0.25) is 0 Å². The Morgan fingerprint density at radius 3 is 2.75 bits per heavy atom. The van der Waals surface area contributed by atoms with Crippen molar-refractivity contribution in [3.8, 4) is 0 Å². The molecule has 0 saturated carbocycles. The molecular formula is C12H20O3S. The highest BCUT2D eigenvalue weighted by molar-refractivity contribution is 7.99. The fourth-order valence-corrected chi connectivity index (χ4v) is 3.39. The van der Waals surface area contributed by atoms with E-state index in [2.05, 4.69) is 12.2 Å². The summed E-state index contributed by atoms with van der Waals surface area (Å²) >= 11 is 1.92. The predicted octanol–water partition coefficient (Wildman–Crippen LogP) is 2.16. The number of aliphatic hydroxyl groups is 1. The minimum absolute atomic E-state index is 0.253. The summed E-state index contributed by atoms with van der Waals surface area (Å²) in [5.74, 6) is 2.55. The van der Waals surface area contributed by atoms with Crippen LogP contribution in [0, 0.1) is 11.8 Å². The van der Waals surface area contributed by atoms with E-state index >= 15 is 0 Å². The van der Waals surface area contributed by atoms with Crippen molar-refractivity contribution >= 4 is 17.7 Å². The summed E-state index contributed by atoms with van der Waals surface area (Å²) in [7, 11) is 0. The zero-order valence-electron chi connectivity index (χ0n) is 9.47. The van der Waals surface area contributed by atoms with Gasteiger partial charge in [-0.25, -0.2) is 0 Å². The molecule has 16 heavy (non-hydrogen) atoms. The van der Waals surface area contributed by atoms with Gasteiger partial charge in [0.15, 0.2) is 0 Å². The Bertz CT molecular complexity index is 240. The molecule has 0 aromatic heterocycles. The number of unbranched alkanes of at least 4 members (excludes halogenated alkanes) is 1. The number of carboxylic acid groups (broad SMARTS) is 1. The molecule has 1 saturated heterocycles. The SMILES string of the molecule is O=C(O)CCCC=CC[C@@H]1CSC[C@@H]1CO. The lowest BCUT2D eigenvalue weighted by Crippen LogP contribution is -2.15. The molecule has 0 bridgehead atoms. The molecular weight excluding hydrogens is 224 g/mol. The molecule has 1 heterocycles. The predicted molar refractivity (Wildman–Crippen MR) is 66.6 cm³/mol. The molecule has 0 spiro atoms. The molecule has 2 atom stereocenters. The van der Waals surface area contributed by atoms with E-state index < -0.39 is 5.97 Å². The van der Waals surface area contributed by atoms with Crippen LogP contribution in [0.5, 0.6) is 0 Å². The lowest BCUT2D eigenvalue weighted by atomic mass is 9.93. The third kappa shape index (κ3) is 5.03. The van der Waals surface area contributed by atoms with Gasteiger partial charge in [-0.05, 0) is 42.6 Å². The maximum absolute atomic E-state index is 10.3. The fraction of sp³-hybridized carbons (Fsp3) is 0.750. The first-order valence-corrected chi connectivity index (χ1v) is 6.95. The summed E-state index contributed by atoms with van der Waals surface area (Å²) in [6, 6.07) is 0. The number of rotatable bonds is 7. The van der Waals surface area contributed by atoms with Crippen molar-refractivity contribution in [2.45, 2.75) is 25.7 Å². The van der Waals surface area contributed by atoms with E-state index in [0.717, 1.165) is 24.3 Å². The Hall–Kier alpha value is -0.480. The number of thioether (sulfide) groups is 1. The lowest BCUT2D eigenvalue weighted by Gasteiger charge is -2.13. The van der Waals surface area contributed by atoms with E-state index in [1.54, 1.807) is 0 Å². The van der Waals surface area contributed by atoms with Gasteiger partial charge < -0.3 is 10.2 Å². The van der Waals surface area contributed by atoms with E-state index in [1.165, 1.54) is 0 Å². The van der Waals surface area contributed by atoms with Crippen LogP contribution in [0.3, 0.4) is 0 Å². The summed E-state index contributed by atoms with van der Waals surface area (Å²) in [5.41, 5.74) is 0. The Balaban J connectivity index is 2.09. The van der Waals surface area contributed by atoms with Crippen molar-refractivity contribution in [3.63, 3.8) is 0 Å². The van der Waals surface area contributed by atoms with Gasteiger partial charge in [0.25, 0.3) is 0 Å². The first kappa shape index (κ1) is 13.6. The van der Waals surface area contributed by atoms with Crippen LogP contribution in [0.15, 0.2) is 12.2 Å². The molecule has 0 amide bonds. The number of hydrogen-bond acceptors (Lipinski definition) is 3. The first-order chi connectivity index (χ1) is 7.74. The second-order valence-corrected chi connectivity index (χ2v) is 5.31. The highest BCUT2D eigenvalue weighted by atomic mass is 32.2. The van der Waals surface area contributed by atoms with Crippen LogP contribution in [0.1, 0.15) is 25.7 Å². The van der Waals surface area contributed by atoms with Crippen molar-refractivity contribution < 1.29 is 15.0 Å². The molecule has 0 radical (unpaired) electrons. The second-order valence-electron chi connectivity index (χ2n) is 4.23. The number of hydrogen-bond donors (Lipinski definition) is 2. The van der Waals surface area contributed by atoms with E-state index in [1.807, 2.05) is 11.8 Å². The number of carbonyl (C=O) groups is 1. The third-order valence-corrected chi connectivity index (χ3v) is 4.26. The molecule has 0 aromatic carbocycles. The van der Waals surface area contributed by atoms with Crippen molar-refractivity contribution in [2.24, 2.45) is 11.8 Å². The van der Waals surface area contributed by atoms with E-state index in [4.69, 9.17) is 10.2 Å². The van der Waals surface area contributed by atoms with Crippen LogP contribution in [0.2, 0.25) is 0 Å². The Kier molecular flexibility index (Phi) is 6.57. The highest BCUT2D eigenvalue weighted by Crippen LogP contribution is 2.32.